The molecule has 0 radical (unpaired) electrons. The Balaban J connectivity index is 2.29. The minimum atomic E-state index is -0.199. The number of hydrogen-bond acceptors (Lipinski definition) is 1. The summed E-state index contributed by atoms with van der Waals surface area (Å²) in [5.74, 6) is -0.199. The molecular weight excluding hydrogens is 317 g/mol. The Hall–Kier alpha value is -1.19. The molecule has 0 aliphatic rings. The summed E-state index contributed by atoms with van der Waals surface area (Å²) >= 11 is 3.52. The molecule has 0 amide bonds. The van der Waals surface area contributed by atoms with Crippen LogP contribution in [-0.2, 0) is 6.42 Å². The summed E-state index contributed by atoms with van der Waals surface area (Å²) < 4.78 is 14.4. The first kappa shape index (κ1) is 15.2. The quantitative estimate of drug-likeness (QED) is 0.828. The standard InChI is InChI=1S/C17H19BrFN/c1-3-20-17(10-13-6-4-5-12(2)9-13)15-11-14(19)7-8-16(15)18/h4-9,11,17,20H,3,10H2,1-2H3. The number of likely N-dealkylation sites (N-methyl/N-ethyl adjacent to an activating group) is 1. The van der Waals surface area contributed by atoms with Crippen molar-refractivity contribution in [2.75, 3.05) is 6.54 Å². The molecule has 1 unspecified atom stereocenters. The summed E-state index contributed by atoms with van der Waals surface area (Å²) in [6.07, 6.45) is 0.845. The van der Waals surface area contributed by atoms with Crippen LogP contribution >= 0.6 is 15.9 Å². The van der Waals surface area contributed by atoms with Crippen molar-refractivity contribution in [3.8, 4) is 0 Å². The van der Waals surface area contributed by atoms with Crippen molar-refractivity contribution in [2.24, 2.45) is 0 Å². The molecule has 1 N–H and O–H groups in total. The van der Waals surface area contributed by atoms with Gasteiger partial charge >= 0.3 is 0 Å². The van der Waals surface area contributed by atoms with Crippen molar-refractivity contribution in [3.05, 3.63) is 69.4 Å². The lowest BCUT2D eigenvalue weighted by Gasteiger charge is -2.20. The molecule has 0 saturated heterocycles. The third-order valence-corrected chi connectivity index (χ3v) is 4.03. The van der Waals surface area contributed by atoms with E-state index in [1.54, 1.807) is 12.1 Å². The van der Waals surface area contributed by atoms with Gasteiger partial charge in [-0.3, -0.25) is 0 Å². The maximum Gasteiger partial charge on any atom is 0.123 e. The minimum absolute atomic E-state index is 0.104. The van der Waals surface area contributed by atoms with Crippen LogP contribution in [0.3, 0.4) is 0 Å². The molecular formula is C17H19BrFN. The molecule has 1 atom stereocenters. The monoisotopic (exact) mass is 335 g/mol. The van der Waals surface area contributed by atoms with Crippen molar-refractivity contribution >= 4 is 15.9 Å². The molecule has 0 aliphatic carbocycles. The lowest BCUT2D eigenvalue weighted by Crippen LogP contribution is -2.23. The Labute approximate surface area is 128 Å². The molecule has 0 aromatic heterocycles. The Kier molecular flexibility index (Phi) is 5.32. The van der Waals surface area contributed by atoms with Crippen LogP contribution in [0.5, 0.6) is 0 Å². The molecule has 2 aromatic carbocycles. The van der Waals surface area contributed by atoms with E-state index >= 15 is 0 Å². The number of rotatable bonds is 5. The second kappa shape index (κ2) is 7.00. The fraction of sp³-hybridized carbons (Fsp3) is 0.294. The smallest absolute Gasteiger partial charge is 0.123 e. The summed E-state index contributed by atoms with van der Waals surface area (Å²) in [6.45, 7) is 5.00. The van der Waals surface area contributed by atoms with Gasteiger partial charge < -0.3 is 5.32 Å². The van der Waals surface area contributed by atoms with Crippen molar-refractivity contribution < 1.29 is 4.39 Å². The topological polar surface area (TPSA) is 12.0 Å². The lowest BCUT2D eigenvalue weighted by molar-refractivity contribution is 0.540. The predicted octanol–water partition coefficient (Wildman–Crippen LogP) is 4.79. The molecule has 2 rings (SSSR count). The second-order valence-corrected chi connectivity index (χ2v) is 5.82. The predicted molar refractivity (Wildman–Crippen MR) is 85.4 cm³/mol. The minimum Gasteiger partial charge on any atom is -0.310 e. The van der Waals surface area contributed by atoms with E-state index in [0.29, 0.717) is 0 Å². The average molecular weight is 336 g/mol. The highest BCUT2D eigenvalue weighted by Crippen LogP contribution is 2.27. The zero-order chi connectivity index (χ0) is 14.5. The van der Waals surface area contributed by atoms with Gasteiger partial charge in [0.1, 0.15) is 5.82 Å². The van der Waals surface area contributed by atoms with Gasteiger partial charge in [0.25, 0.3) is 0 Å². The van der Waals surface area contributed by atoms with Crippen molar-refractivity contribution in [1.29, 1.82) is 0 Å². The van der Waals surface area contributed by atoms with Gasteiger partial charge in [0, 0.05) is 10.5 Å². The molecule has 0 spiro atoms. The van der Waals surface area contributed by atoms with Crippen LogP contribution in [0.15, 0.2) is 46.9 Å². The maximum absolute atomic E-state index is 13.5. The molecule has 0 saturated carbocycles. The van der Waals surface area contributed by atoms with Gasteiger partial charge in [-0.2, -0.15) is 0 Å². The van der Waals surface area contributed by atoms with E-state index < -0.39 is 0 Å². The molecule has 0 fully saturated rings. The Morgan fingerprint density at radius 3 is 2.70 bits per heavy atom. The molecule has 1 nitrogen and oxygen atoms in total. The van der Waals surface area contributed by atoms with Gasteiger partial charge in [0.15, 0.2) is 0 Å². The van der Waals surface area contributed by atoms with E-state index in [1.165, 1.54) is 17.2 Å². The van der Waals surface area contributed by atoms with E-state index in [2.05, 4.69) is 59.4 Å². The normalized spacial score (nSPS) is 12.4. The van der Waals surface area contributed by atoms with Crippen LogP contribution in [0.1, 0.15) is 29.7 Å². The molecule has 2 aromatic rings. The number of hydrogen-bond donors (Lipinski definition) is 1. The van der Waals surface area contributed by atoms with Crippen LogP contribution in [0.4, 0.5) is 4.39 Å². The number of halogens is 2. The van der Waals surface area contributed by atoms with Crippen molar-refractivity contribution in [1.82, 2.24) is 5.32 Å². The number of aryl methyl sites for hydroxylation is 1. The molecule has 0 heterocycles. The van der Waals surface area contributed by atoms with Crippen LogP contribution < -0.4 is 5.32 Å². The van der Waals surface area contributed by atoms with E-state index in [0.717, 1.165) is 23.0 Å². The zero-order valence-corrected chi connectivity index (χ0v) is 13.4. The first-order valence-electron chi connectivity index (χ1n) is 6.84. The Bertz CT molecular complexity index is 583. The SMILES string of the molecule is CCNC(Cc1cccc(C)c1)c1cc(F)ccc1Br. The second-order valence-electron chi connectivity index (χ2n) is 4.97. The van der Waals surface area contributed by atoms with Gasteiger partial charge in [0.05, 0.1) is 0 Å². The Morgan fingerprint density at radius 1 is 1.20 bits per heavy atom. The van der Waals surface area contributed by atoms with Gasteiger partial charge in [0.2, 0.25) is 0 Å². The van der Waals surface area contributed by atoms with E-state index in [-0.39, 0.29) is 11.9 Å². The fourth-order valence-corrected chi connectivity index (χ4v) is 2.92. The summed E-state index contributed by atoms with van der Waals surface area (Å²) in [6, 6.07) is 13.4. The van der Waals surface area contributed by atoms with Crippen molar-refractivity contribution in [3.63, 3.8) is 0 Å². The van der Waals surface area contributed by atoms with Gasteiger partial charge in [-0.25, -0.2) is 4.39 Å². The van der Waals surface area contributed by atoms with Crippen molar-refractivity contribution in [2.45, 2.75) is 26.3 Å². The Morgan fingerprint density at radius 2 is 2.00 bits per heavy atom. The molecule has 0 aliphatic heterocycles. The third-order valence-electron chi connectivity index (χ3n) is 3.31. The summed E-state index contributed by atoms with van der Waals surface area (Å²) in [5, 5.41) is 3.44. The van der Waals surface area contributed by atoms with Gasteiger partial charge in [-0.1, -0.05) is 52.7 Å². The lowest BCUT2D eigenvalue weighted by atomic mass is 9.97. The van der Waals surface area contributed by atoms with Gasteiger partial charge in [-0.15, -0.1) is 0 Å². The average Bonchev–Trinajstić information content (AvgIpc) is 2.41. The summed E-state index contributed by atoms with van der Waals surface area (Å²) in [5.41, 5.74) is 3.47. The highest BCUT2D eigenvalue weighted by molar-refractivity contribution is 9.10. The van der Waals surface area contributed by atoms with Crippen LogP contribution in [0.2, 0.25) is 0 Å². The van der Waals surface area contributed by atoms with Crippen LogP contribution in [-0.4, -0.2) is 6.54 Å². The largest absolute Gasteiger partial charge is 0.310 e. The van der Waals surface area contributed by atoms with E-state index in [4.69, 9.17) is 0 Å². The van der Waals surface area contributed by atoms with Crippen LogP contribution in [0, 0.1) is 12.7 Å². The number of benzene rings is 2. The van der Waals surface area contributed by atoms with Gasteiger partial charge in [-0.05, 0) is 49.2 Å². The zero-order valence-electron chi connectivity index (χ0n) is 11.8. The van der Waals surface area contributed by atoms with Crippen LogP contribution in [0.25, 0.3) is 0 Å². The first-order valence-corrected chi connectivity index (χ1v) is 7.63. The number of nitrogens with one attached hydrogen (secondary N) is 1. The summed E-state index contributed by atoms with van der Waals surface area (Å²) in [4.78, 5) is 0. The molecule has 0 bridgehead atoms. The molecule has 106 valence electrons. The van der Waals surface area contributed by atoms with E-state index in [9.17, 15) is 4.39 Å². The highest BCUT2D eigenvalue weighted by atomic mass is 79.9. The highest BCUT2D eigenvalue weighted by Gasteiger charge is 2.15. The fourth-order valence-electron chi connectivity index (χ4n) is 2.39. The molecule has 20 heavy (non-hydrogen) atoms. The molecule has 3 heteroatoms. The third kappa shape index (κ3) is 3.90. The van der Waals surface area contributed by atoms with E-state index in [1.807, 2.05) is 0 Å². The maximum atomic E-state index is 13.5. The first-order chi connectivity index (χ1) is 9.60. The summed E-state index contributed by atoms with van der Waals surface area (Å²) in [7, 11) is 0.